The van der Waals surface area contributed by atoms with E-state index in [9.17, 15) is 18.0 Å². The highest BCUT2D eigenvalue weighted by atomic mass is 19.4. The molecule has 2 N–H and O–H groups in total. The number of nitrogens with zero attached hydrogens (tertiary/aromatic N) is 2. The summed E-state index contributed by atoms with van der Waals surface area (Å²) >= 11 is 0. The number of halogens is 3. The molecular formula is C29H26F3N3O4. The molecule has 0 spiro atoms. The van der Waals surface area contributed by atoms with Gasteiger partial charge in [0.1, 0.15) is 5.75 Å². The second kappa shape index (κ2) is 13.6. The van der Waals surface area contributed by atoms with E-state index in [0.717, 1.165) is 23.2 Å². The lowest BCUT2D eigenvalue weighted by molar-refractivity contribution is -0.192. The quantitative estimate of drug-likeness (QED) is 0.292. The first-order valence-corrected chi connectivity index (χ1v) is 11.7. The average molecular weight is 538 g/mol. The zero-order valence-corrected chi connectivity index (χ0v) is 20.9. The molecule has 0 unspecified atom stereocenters. The smallest absolute Gasteiger partial charge is 0.490 e. The SMILES string of the molecule is COc1cc(/C=C/C(=O)NCc2ccccc2Cc2ccccc2)ccc1-n1ccnc1.O=C(O)C(F)(F)F. The van der Waals surface area contributed by atoms with Crippen molar-refractivity contribution in [2.75, 3.05) is 7.11 Å². The van der Waals surface area contributed by atoms with Crippen LogP contribution in [0.15, 0.2) is 97.6 Å². The maximum Gasteiger partial charge on any atom is 0.490 e. The normalized spacial score (nSPS) is 11.0. The third-order valence-corrected chi connectivity index (χ3v) is 5.46. The van der Waals surface area contributed by atoms with E-state index in [2.05, 4.69) is 34.6 Å². The van der Waals surface area contributed by atoms with Gasteiger partial charge in [-0.2, -0.15) is 13.2 Å². The van der Waals surface area contributed by atoms with E-state index in [0.29, 0.717) is 12.3 Å². The number of methoxy groups -OCH3 is 1. The summed E-state index contributed by atoms with van der Waals surface area (Å²) in [5, 5.41) is 10.1. The summed E-state index contributed by atoms with van der Waals surface area (Å²) in [6, 6.07) is 24.3. The number of nitrogens with one attached hydrogen (secondary N) is 1. The van der Waals surface area contributed by atoms with Gasteiger partial charge in [-0.15, -0.1) is 0 Å². The molecule has 0 radical (unpaired) electrons. The Kier molecular flexibility index (Phi) is 10.0. The molecule has 0 bridgehead atoms. The predicted octanol–water partition coefficient (Wildman–Crippen LogP) is 5.43. The van der Waals surface area contributed by atoms with Crippen LogP contribution in [0.4, 0.5) is 13.2 Å². The number of carbonyl (C=O) groups excluding carboxylic acids is 1. The van der Waals surface area contributed by atoms with Crippen LogP contribution in [-0.4, -0.2) is 39.8 Å². The van der Waals surface area contributed by atoms with Crippen molar-refractivity contribution in [2.24, 2.45) is 0 Å². The van der Waals surface area contributed by atoms with Crippen LogP contribution in [0.25, 0.3) is 11.8 Å². The van der Waals surface area contributed by atoms with Crippen molar-refractivity contribution in [1.82, 2.24) is 14.9 Å². The van der Waals surface area contributed by atoms with E-state index < -0.39 is 12.1 Å². The topological polar surface area (TPSA) is 93.5 Å². The lowest BCUT2D eigenvalue weighted by Gasteiger charge is -2.11. The van der Waals surface area contributed by atoms with Crippen molar-refractivity contribution in [3.05, 3.63) is 120 Å². The fraction of sp³-hybridized carbons (Fsp3) is 0.138. The summed E-state index contributed by atoms with van der Waals surface area (Å²) in [6.45, 7) is 0.481. The number of alkyl halides is 3. The second-order valence-electron chi connectivity index (χ2n) is 8.19. The first kappa shape index (κ1) is 28.7. The summed E-state index contributed by atoms with van der Waals surface area (Å²) in [6.07, 6.45) is 4.38. The predicted molar refractivity (Wildman–Crippen MR) is 140 cm³/mol. The van der Waals surface area contributed by atoms with Crippen molar-refractivity contribution in [3.63, 3.8) is 0 Å². The number of carboxylic acids is 1. The van der Waals surface area contributed by atoms with Gasteiger partial charge in [-0.05, 0) is 46.9 Å². The molecule has 0 saturated heterocycles. The lowest BCUT2D eigenvalue weighted by Crippen LogP contribution is -2.21. The minimum Gasteiger partial charge on any atom is -0.495 e. The van der Waals surface area contributed by atoms with Crippen molar-refractivity contribution >= 4 is 18.0 Å². The first-order chi connectivity index (χ1) is 18.7. The standard InChI is InChI=1S/C27H25N3O2.C2HF3O2/c1-32-26-18-22(11-13-25(26)30-16-15-28-20-30)12-14-27(31)29-19-24-10-6-5-9-23(24)17-21-7-3-2-4-8-21;3-2(4,5)1(6)7/h2-16,18,20H,17,19H2,1H3,(H,29,31);(H,6,7)/b14-12+;. The number of benzene rings is 3. The van der Waals surface area contributed by atoms with E-state index in [-0.39, 0.29) is 5.91 Å². The molecule has 0 aliphatic heterocycles. The molecule has 4 rings (SSSR count). The number of imidazole rings is 1. The van der Waals surface area contributed by atoms with E-state index in [1.54, 1.807) is 31.8 Å². The number of aliphatic carboxylic acids is 1. The van der Waals surface area contributed by atoms with Gasteiger partial charge in [0.2, 0.25) is 5.91 Å². The summed E-state index contributed by atoms with van der Waals surface area (Å²) in [5.74, 6) is -2.19. The number of carboxylic acid groups (broad SMARTS) is 1. The Labute approximate surface area is 223 Å². The number of ether oxygens (including phenoxy) is 1. The van der Waals surface area contributed by atoms with Crippen LogP contribution < -0.4 is 10.1 Å². The van der Waals surface area contributed by atoms with Gasteiger partial charge < -0.3 is 19.7 Å². The molecule has 3 aromatic carbocycles. The molecular weight excluding hydrogens is 511 g/mol. The Morgan fingerprint density at radius 3 is 2.31 bits per heavy atom. The van der Waals surface area contributed by atoms with Gasteiger partial charge in [-0.1, -0.05) is 60.7 Å². The fourth-order valence-corrected chi connectivity index (χ4v) is 3.54. The zero-order chi connectivity index (χ0) is 28.3. The van der Waals surface area contributed by atoms with Gasteiger partial charge in [-0.25, -0.2) is 9.78 Å². The number of carbonyl (C=O) groups is 2. The Balaban J connectivity index is 0.000000532. The number of hydrogen-bond acceptors (Lipinski definition) is 4. The molecule has 0 aliphatic rings. The summed E-state index contributed by atoms with van der Waals surface area (Å²) in [4.78, 5) is 25.4. The molecule has 4 aromatic rings. The first-order valence-electron chi connectivity index (χ1n) is 11.7. The van der Waals surface area contributed by atoms with Gasteiger partial charge in [0, 0.05) is 25.0 Å². The zero-order valence-electron chi connectivity index (χ0n) is 20.9. The molecule has 0 fully saturated rings. The maximum absolute atomic E-state index is 12.4. The Morgan fingerprint density at radius 1 is 1.03 bits per heavy atom. The molecule has 1 aromatic heterocycles. The number of amides is 1. The monoisotopic (exact) mass is 537 g/mol. The van der Waals surface area contributed by atoms with Crippen molar-refractivity contribution in [3.8, 4) is 11.4 Å². The number of aromatic nitrogens is 2. The minimum atomic E-state index is -5.08. The van der Waals surface area contributed by atoms with Crippen molar-refractivity contribution in [2.45, 2.75) is 19.1 Å². The van der Waals surface area contributed by atoms with Crippen LogP contribution in [0.1, 0.15) is 22.3 Å². The van der Waals surface area contributed by atoms with Gasteiger partial charge in [0.05, 0.1) is 19.1 Å². The number of rotatable bonds is 8. The Bertz CT molecular complexity index is 1400. The average Bonchev–Trinajstić information content (AvgIpc) is 3.46. The van der Waals surface area contributed by atoms with Crippen LogP contribution in [0.2, 0.25) is 0 Å². The van der Waals surface area contributed by atoms with Crippen molar-refractivity contribution < 1.29 is 32.6 Å². The van der Waals surface area contributed by atoms with Crippen LogP contribution in [0, 0.1) is 0 Å². The molecule has 0 saturated carbocycles. The molecule has 7 nitrogen and oxygen atoms in total. The van der Waals surface area contributed by atoms with Gasteiger partial charge in [0.25, 0.3) is 0 Å². The van der Waals surface area contributed by atoms with Crippen LogP contribution in [0.3, 0.4) is 0 Å². The van der Waals surface area contributed by atoms with Crippen LogP contribution in [0.5, 0.6) is 5.75 Å². The van der Waals surface area contributed by atoms with Gasteiger partial charge in [-0.3, -0.25) is 4.79 Å². The molecule has 39 heavy (non-hydrogen) atoms. The van der Waals surface area contributed by atoms with Crippen LogP contribution >= 0.6 is 0 Å². The summed E-state index contributed by atoms with van der Waals surface area (Å²) in [5.41, 5.74) is 5.35. The highest BCUT2D eigenvalue weighted by molar-refractivity contribution is 5.91. The Morgan fingerprint density at radius 2 is 1.69 bits per heavy atom. The lowest BCUT2D eigenvalue weighted by atomic mass is 10.00. The summed E-state index contributed by atoms with van der Waals surface area (Å²) < 4.78 is 39.1. The number of hydrogen-bond donors (Lipinski definition) is 2. The van der Waals surface area contributed by atoms with E-state index in [1.165, 1.54) is 11.1 Å². The summed E-state index contributed by atoms with van der Waals surface area (Å²) in [7, 11) is 1.63. The molecule has 0 aliphatic carbocycles. The molecule has 202 valence electrons. The minimum absolute atomic E-state index is 0.142. The van der Waals surface area contributed by atoms with E-state index >= 15 is 0 Å². The molecule has 1 amide bonds. The van der Waals surface area contributed by atoms with Gasteiger partial charge in [0.15, 0.2) is 0 Å². The maximum atomic E-state index is 12.4. The fourth-order valence-electron chi connectivity index (χ4n) is 3.54. The largest absolute Gasteiger partial charge is 0.495 e. The highest BCUT2D eigenvalue weighted by Gasteiger charge is 2.38. The molecule has 1 heterocycles. The van der Waals surface area contributed by atoms with Gasteiger partial charge >= 0.3 is 12.1 Å². The van der Waals surface area contributed by atoms with Crippen LogP contribution in [-0.2, 0) is 22.6 Å². The van der Waals surface area contributed by atoms with E-state index in [4.69, 9.17) is 14.6 Å². The highest BCUT2D eigenvalue weighted by Crippen LogP contribution is 2.24. The Hall–Kier alpha value is -4.86. The molecule has 10 heteroatoms. The second-order valence-corrected chi connectivity index (χ2v) is 8.19. The van der Waals surface area contributed by atoms with E-state index in [1.807, 2.05) is 59.3 Å². The van der Waals surface area contributed by atoms with Crippen molar-refractivity contribution in [1.29, 1.82) is 0 Å². The third kappa shape index (κ3) is 8.89. The molecule has 0 atom stereocenters. The third-order valence-electron chi connectivity index (χ3n) is 5.46.